The molecular formula is C16H24N2O2. The van der Waals surface area contributed by atoms with Crippen molar-refractivity contribution < 1.29 is 9.53 Å². The molecule has 1 aromatic rings. The lowest BCUT2D eigenvalue weighted by Crippen LogP contribution is -2.52. The van der Waals surface area contributed by atoms with Gasteiger partial charge in [0, 0.05) is 13.1 Å². The van der Waals surface area contributed by atoms with Gasteiger partial charge in [-0.25, -0.2) is 0 Å². The van der Waals surface area contributed by atoms with Gasteiger partial charge in [0.1, 0.15) is 5.75 Å². The van der Waals surface area contributed by atoms with Gasteiger partial charge in [-0.2, -0.15) is 0 Å². The van der Waals surface area contributed by atoms with Crippen LogP contribution in [0.5, 0.6) is 5.75 Å². The summed E-state index contributed by atoms with van der Waals surface area (Å²) in [5, 5.41) is 0. The highest BCUT2D eigenvalue weighted by atomic mass is 16.5. The average molecular weight is 276 g/mol. The van der Waals surface area contributed by atoms with Crippen LogP contribution in [0.1, 0.15) is 39.7 Å². The molecule has 110 valence electrons. The van der Waals surface area contributed by atoms with E-state index in [1.165, 1.54) is 0 Å². The van der Waals surface area contributed by atoms with E-state index < -0.39 is 5.60 Å². The van der Waals surface area contributed by atoms with Gasteiger partial charge in [0.25, 0.3) is 5.91 Å². The van der Waals surface area contributed by atoms with Gasteiger partial charge in [0.15, 0.2) is 5.60 Å². The maximum Gasteiger partial charge on any atom is 0.270 e. The van der Waals surface area contributed by atoms with E-state index in [2.05, 4.69) is 13.8 Å². The fourth-order valence-electron chi connectivity index (χ4n) is 2.35. The van der Waals surface area contributed by atoms with Crippen LogP contribution in [0.25, 0.3) is 0 Å². The van der Waals surface area contributed by atoms with Crippen molar-refractivity contribution in [1.29, 1.82) is 0 Å². The normalized spacial score (nSPS) is 17.1. The number of ether oxygens (including phenoxy) is 1. The first-order valence-corrected chi connectivity index (χ1v) is 7.19. The number of anilines is 1. The largest absolute Gasteiger partial charge is 0.476 e. The van der Waals surface area contributed by atoms with E-state index in [9.17, 15) is 4.79 Å². The quantitative estimate of drug-likeness (QED) is 0.920. The lowest BCUT2D eigenvalue weighted by Gasteiger charge is -2.39. The molecule has 1 aliphatic heterocycles. The summed E-state index contributed by atoms with van der Waals surface area (Å²) in [6, 6.07) is 5.83. The lowest BCUT2D eigenvalue weighted by atomic mass is 10.0. The van der Waals surface area contributed by atoms with E-state index >= 15 is 0 Å². The minimum atomic E-state index is -0.822. The van der Waals surface area contributed by atoms with Crippen molar-refractivity contribution in [1.82, 2.24) is 0 Å². The molecule has 0 saturated heterocycles. The number of rotatable bonds is 4. The van der Waals surface area contributed by atoms with E-state index in [1.54, 1.807) is 0 Å². The molecule has 0 atom stereocenters. The van der Waals surface area contributed by atoms with Crippen molar-refractivity contribution in [3.8, 4) is 5.75 Å². The maximum atomic E-state index is 12.6. The molecule has 0 saturated carbocycles. The van der Waals surface area contributed by atoms with Crippen molar-refractivity contribution in [2.75, 3.05) is 11.4 Å². The molecule has 1 heterocycles. The van der Waals surface area contributed by atoms with Gasteiger partial charge in [0.2, 0.25) is 0 Å². The molecule has 4 heteroatoms. The molecule has 0 fully saturated rings. The maximum absolute atomic E-state index is 12.6. The Morgan fingerprint density at radius 2 is 2.05 bits per heavy atom. The summed E-state index contributed by atoms with van der Waals surface area (Å²) >= 11 is 0. The SMILES string of the molecule is CC(C)CCN1C(=O)C(C)(C)Oc2cc(CN)ccc21. The number of nitrogens with two attached hydrogens (primary N) is 1. The zero-order valence-electron chi connectivity index (χ0n) is 12.8. The van der Waals surface area contributed by atoms with Gasteiger partial charge < -0.3 is 15.4 Å². The molecule has 0 aromatic heterocycles. The van der Waals surface area contributed by atoms with Crippen molar-refractivity contribution >= 4 is 11.6 Å². The summed E-state index contributed by atoms with van der Waals surface area (Å²) in [6.07, 6.45) is 0.972. The first-order chi connectivity index (χ1) is 9.35. The molecule has 2 N–H and O–H groups in total. The molecule has 0 bridgehead atoms. The summed E-state index contributed by atoms with van der Waals surface area (Å²) < 4.78 is 5.86. The molecule has 2 rings (SSSR count). The van der Waals surface area contributed by atoms with Gasteiger partial charge in [-0.1, -0.05) is 19.9 Å². The Morgan fingerprint density at radius 3 is 2.65 bits per heavy atom. The van der Waals surface area contributed by atoms with E-state index in [1.807, 2.05) is 36.9 Å². The number of carbonyl (C=O) groups excluding carboxylic acids is 1. The van der Waals surface area contributed by atoms with Crippen LogP contribution in [-0.2, 0) is 11.3 Å². The van der Waals surface area contributed by atoms with Crippen LogP contribution in [-0.4, -0.2) is 18.1 Å². The van der Waals surface area contributed by atoms with Crippen LogP contribution in [0.4, 0.5) is 5.69 Å². The first kappa shape index (κ1) is 14.9. The molecule has 0 aliphatic carbocycles. The fraction of sp³-hybridized carbons (Fsp3) is 0.562. The number of hydrogen-bond acceptors (Lipinski definition) is 3. The topological polar surface area (TPSA) is 55.6 Å². The number of carbonyl (C=O) groups is 1. The summed E-state index contributed by atoms with van der Waals surface area (Å²) in [7, 11) is 0. The Kier molecular flexibility index (Phi) is 4.04. The molecule has 0 unspecified atom stereocenters. The molecule has 20 heavy (non-hydrogen) atoms. The van der Waals surface area contributed by atoms with Crippen LogP contribution in [0.2, 0.25) is 0 Å². The number of benzene rings is 1. The van der Waals surface area contributed by atoms with Gasteiger partial charge in [-0.15, -0.1) is 0 Å². The predicted molar refractivity (Wildman–Crippen MR) is 80.8 cm³/mol. The molecule has 0 radical (unpaired) electrons. The van der Waals surface area contributed by atoms with E-state index in [0.29, 0.717) is 12.5 Å². The van der Waals surface area contributed by atoms with E-state index in [-0.39, 0.29) is 5.91 Å². The van der Waals surface area contributed by atoms with Crippen LogP contribution >= 0.6 is 0 Å². The van der Waals surface area contributed by atoms with Gasteiger partial charge >= 0.3 is 0 Å². The van der Waals surface area contributed by atoms with Crippen molar-refractivity contribution in [2.24, 2.45) is 11.7 Å². The summed E-state index contributed by atoms with van der Waals surface area (Å²) in [5.41, 5.74) is 6.72. The Labute approximate surface area is 120 Å². The third-order valence-electron chi connectivity index (χ3n) is 3.61. The zero-order chi connectivity index (χ0) is 14.9. The number of amides is 1. The average Bonchev–Trinajstić information content (AvgIpc) is 2.38. The number of hydrogen-bond donors (Lipinski definition) is 1. The minimum Gasteiger partial charge on any atom is -0.476 e. The molecule has 4 nitrogen and oxygen atoms in total. The molecular weight excluding hydrogens is 252 g/mol. The fourth-order valence-corrected chi connectivity index (χ4v) is 2.35. The van der Waals surface area contributed by atoms with E-state index in [4.69, 9.17) is 10.5 Å². The first-order valence-electron chi connectivity index (χ1n) is 7.19. The summed E-state index contributed by atoms with van der Waals surface area (Å²) in [4.78, 5) is 14.4. The Balaban J connectivity index is 2.38. The third kappa shape index (κ3) is 2.80. The Bertz CT molecular complexity index is 509. The summed E-state index contributed by atoms with van der Waals surface area (Å²) in [5.74, 6) is 1.33. The monoisotopic (exact) mass is 276 g/mol. The summed E-state index contributed by atoms with van der Waals surface area (Å²) in [6.45, 7) is 9.14. The van der Waals surface area contributed by atoms with Crippen LogP contribution in [0.15, 0.2) is 18.2 Å². The van der Waals surface area contributed by atoms with Crippen LogP contribution in [0, 0.1) is 5.92 Å². The highest BCUT2D eigenvalue weighted by Crippen LogP contribution is 2.38. The molecule has 1 aliphatic rings. The lowest BCUT2D eigenvalue weighted by molar-refractivity contribution is -0.132. The Morgan fingerprint density at radius 1 is 1.35 bits per heavy atom. The number of nitrogens with zero attached hydrogens (tertiary/aromatic N) is 1. The van der Waals surface area contributed by atoms with Gasteiger partial charge in [-0.05, 0) is 43.9 Å². The second-order valence-corrected chi connectivity index (χ2v) is 6.26. The van der Waals surface area contributed by atoms with E-state index in [0.717, 1.165) is 30.0 Å². The third-order valence-corrected chi connectivity index (χ3v) is 3.61. The van der Waals surface area contributed by atoms with Gasteiger partial charge in [0.05, 0.1) is 5.69 Å². The molecule has 1 amide bonds. The smallest absolute Gasteiger partial charge is 0.270 e. The van der Waals surface area contributed by atoms with Crippen LogP contribution < -0.4 is 15.4 Å². The van der Waals surface area contributed by atoms with Crippen molar-refractivity contribution in [2.45, 2.75) is 46.3 Å². The predicted octanol–water partition coefficient (Wildman–Crippen LogP) is 2.70. The standard InChI is InChI=1S/C16H24N2O2/c1-11(2)7-8-18-13-6-5-12(10-17)9-14(13)20-16(3,4)15(18)19/h5-6,9,11H,7-8,10,17H2,1-4H3. The minimum absolute atomic E-state index is 0.0196. The Hall–Kier alpha value is -1.55. The molecule has 1 aromatic carbocycles. The van der Waals surface area contributed by atoms with Crippen molar-refractivity contribution in [3.63, 3.8) is 0 Å². The van der Waals surface area contributed by atoms with Crippen molar-refractivity contribution in [3.05, 3.63) is 23.8 Å². The zero-order valence-corrected chi connectivity index (χ0v) is 12.8. The second kappa shape index (κ2) is 5.44. The molecule has 0 spiro atoms. The van der Waals surface area contributed by atoms with Crippen LogP contribution in [0.3, 0.4) is 0 Å². The highest BCUT2D eigenvalue weighted by molar-refractivity contribution is 6.02. The number of fused-ring (bicyclic) bond motifs is 1. The second-order valence-electron chi connectivity index (χ2n) is 6.26. The van der Waals surface area contributed by atoms with Gasteiger partial charge in [-0.3, -0.25) is 4.79 Å². The highest BCUT2D eigenvalue weighted by Gasteiger charge is 2.40.